The Balaban J connectivity index is 0.00000523. The Morgan fingerprint density at radius 1 is 0.750 bits per heavy atom. The molecule has 0 radical (unpaired) electrons. The van der Waals surface area contributed by atoms with Gasteiger partial charge in [0.15, 0.2) is 12.3 Å². The molecule has 52 heavy (non-hydrogen) atoms. The summed E-state index contributed by atoms with van der Waals surface area (Å²) in [5, 5.41) is 0. The van der Waals surface area contributed by atoms with Gasteiger partial charge >= 0.3 is 5.89 Å². The number of aromatic nitrogens is 1. The minimum Gasteiger partial charge on any atom is -0.870 e. The Hall–Kier alpha value is -4.79. The highest BCUT2D eigenvalue weighted by Gasteiger charge is 2.28. The first-order valence-electron chi connectivity index (χ1n) is 17.0. The molecule has 2 heterocycles. The summed E-state index contributed by atoms with van der Waals surface area (Å²) in [4.78, 5) is 2.03. The molecule has 0 saturated heterocycles. The van der Waals surface area contributed by atoms with E-state index in [1.165, 1.54) is 0 Å². The third-order valence-corrected chi connectivity index (χ3v) is 10.4. The van der Waals surface area contributed by atoms with E-state index in [0.717, 1.165) is 39.0 Å². The van der Waals surface area contributed by atoms with Crippen LogP contribution in [0.15, 0.2) is 119 Å². The molecule has 13 heteroatoms. The molecule has 0 aliphatic carbocycles. The largest absolute Gasteiger partial charge is 0.870 e. The van der Waals surface area contributed by atoms with Crippen LogP contribution >= 0.6 is 0 Å². The lowest BCUT2D eigenvalue weighted by Crippen LogP contribution is -2.35. The van der Waals surface area contributed by atoms with Crippen molar-refractivity contribution in [3.63, 3.8) is 0 Å². The number of aryl methyl sites for hydroxylation is 1. The van der Waals surface area contributed by atoms with Crippen molar-refractivity contribution in [3.8, 4) is 28.0 Å². The minimum atomic E-state index is -4.07. The molecule has 5 aromatic rings. The Bertz CT molecular complexity index is 2280. The highest BCUT2D eigenvalue weighted by molar-refractivity contribution is 7.86. The quantitative estimate of drug-likeness (QED) is 0.0614. The van der Waals surface area contributed by atoms with E-state index in [1.807, 2.05) is 113 Å². The van der Waals surface area contributed by atoms with E-state index in [9.17, 15) is 25.9 Å². The van der Waals surface area contributed by atoms with Gasteiger partial charge in [-0.2, -0.15) is 21.4 Å². The molecule has 0 atom stereocenters. The lowest BCUT2D eigenvalue weighted by Gasteiger charge is -2.19. The van der Waals surface area contributed by atoms with E-state index in [4.69, 9.17) is 9.15 Å². The Labute approximate surface area is 304 Å². The summed E-state index contributed by atoms with van der Waals surface area (Å²) < 4.78 is 79.1. The van der Waals surface area contributed by atoms with Gasteiger partial charge < -0.3 is 19.5 Å². The number of benzene rings is 4. The van der Waals surface area contributed by atoms with Crippen LogP contribution in [0, 0.1) is 0 Å². The molecule has 1 aromatic heterocycles. The number of rotatable bonds is 15. The van der Waals surface area contributed by atoms with E-state index >= 15 is 0 Å². The smallest absolute Gasteiger partial charge is 0.374 e. The lowest BCUT2D eigenvalue weighted by atomic mass is 10.0. The van der Waals surface area contributed by atoms with Crippen molar-refractivity contribution in [2.75, 3.05) is 23.0 Å². The summed E-state index contributed by atoms with van der Waals surface area (Å²) in [5.41, 5.74) is 7.43. The number of hydrogen-bond acceptors (Lipinski definition) is 8. The minimum absolute atomic E-state index is 0. The summed E-state index contributed by atoms with van der Waals surface area (Å²) in [6.45, 7) is 2.95. The Morgan fingerprint density at radius 2 is 1.35 bits per heavy atom. The summed E-state index contributed by atoms with van der Waals surface area (Å²) >= 11 is 0. The molecule has 0 fully saturated rings. The molecule has 0 unspecified atom stereocenters. The van der Waals surface area contributed by atoms with E-state index in [-0.39, 0.29) is 29.8 Å². The van der Waals surface area contributed by atoms with E-state index in [0.29, 0.717) is 55.5 Å². The molecule has 11 nitrogen and oxygen atoms in total. The monoisotopic (exact) mass is 746 g/mol. The topological polar surface area (TPSA) is 168 Å². The van der Waals surface area contributed by atoms with Crippen LogP contribution in [0.25, 0.3) is 39.4 Å². The van der Waals surface area contributed by atoms with Crippen molar-refractivity contribution < 1.29 is 45.1 Å². The Morgan fingerprint density at radius 3 is 1.96 bits per heavy atom. The molecular formula is C39H42N2O9S2. The number of anilines is 1. The average Bonchev–Trinajstić information content (AvgIpc) is 3.63. The van der Waals surface area contributed by atoms with Gasteiger partial charge in [0.1, 0.15) is 0 Å². The fourth-order valence-corrected chi connectivity index (χ4v) is 7.31. The van der Waals surface area contributed by atoms with Gasteiger partial charge in [-0.3, -0.25) is 9.11 Å². The van der Waals surface area contributed by atoms with Crippen LogP contribution in [-0.2, 0) is 26.8 Å². The van der Waals surface area contributed by atoms with Crippen molar-refractivity contribution >= 4 is 43.1 Å². The number of hydrogen-bond donors (Lipinski definition) is 2. The highest BCUT2D eigenvalue weighted by Crippen LogP contribution is 2.42. The lowest BCUT2D eigenvalue weighted by molar-refractivity contribution is -0.678. The Kier molecular flexibility index (Phi) is 12.3. The first-order chi connectivity index (χ1) is 24.5. The summed E-state index contributed by atoms with van der Waals surface area (Å²) in [5.74, 6) is 1.20. The molecule has 1 aliphatic rings. The number of ether oxygens (including phenoxy) is 1. The van der Waals surface area contributed by atoms with Crippen LogP contribution in [0.4, 0.5) is 5.69 Å². The zero-order valence-corrected chi connectivity index (χ0v) is 30.4. The van der Waals surface area contributed by atoms with Crippen LogP contribution < -0.4 is 14.2 Å². The number of oxazole rings is 1. The van der Waals surface area contributed by atoms with Gasteiger partial charge in [-0.1, -0.05) is 79.7 Å². The SMILES string of the molecule is CCC(=Cc1oc2ccc(-c3ccccc3)cc2[n+]1CCCCS(=O)(=O)O)C=C1Oc2ccc(-c3ccccc3)cc2N1CCCCS(=O)(=O)O.[OH-]. The third-order valence-electron chi connectivity index (χ3n) is 8.77. The van der Waals surface area contributed by atoms with E-state index in [1.54, 1.807) is 0 Å². The van der Waals surface area contributed by atoms with Gasteiger partial charge in [0, 0.05) is 25.1 Å². The zero-order chi connectivity index (χ0) is 36.0. The summed E-state index contributed by atoms with van der Waals surface area (Å²) in [7, 11) is -8.15. The fourth-order valence-electron chi connectivity index (χ4n) is 6.17. The molecule has 3 N–H and O–H groups in total. The van der Waals surface area contributed by atoms with Gasteiger partial charge in [-0.05, 0) is 71.7 Å². The van der Waals surface area contributed by atoms with Crippen molar-refractivity contribution in [1.82, 2.24) is 0 Å². The van der Waals surface area contributed by atoms with Crippen molar-refractivity contribution in [3.05, 3.63) is 120 Å². The summed E-state index contributed by atoms with van der Waals surface area (Å²) in [6, 6.07) is 32.0. The molecule has 4 aromatic carbocycles. The number of unbranched alkanes of at least 4 members (excludes halogenated alkanes) is 2. The van der Waals surface area contributed by atoms with Crippen LogP contribution in [-0.4, -0.2) is 49.5 Å². The molecule has 0 amide bonds. The van der Waals surface area contributed by atoms with Crippen molar-refractivity contribution in [1.29, 1.82) is 0 Å². The molecule has 1 aliphatic heterocycles. The molecule has 0 bridgehead atoms. The van der Waals surface area contributed by atoms with Gasteiger partial charge in [0.2, 0.25) is 11.5 Å². The maximum absolute atomic E-state index is 11.4. The third kappa shape index (κ3) is 9.75. The molecule has 6 rings (SSSR count). The second-order valence-electron chi connectivity index (χ2n) is 12.5. The predicted octanol–water partition coefficient (Wildman–Crippen LogP) is 7.75. The summed E-state index contributed by atoms with van der Waals surface area (Å²) in [6.07, 6.45) is 6.11. The molecule has 0 saturated carbocycles. The number of fused-ring (bicyclic) bond motifs is 2. The van der Waals surface area contributed by atoms with Gasteiger partial charge in [-0.25, -0.2) is 0 Å². The first kappa shape index (κ1) is 38.4. The van der Waals surface area contributed by atoms with E-state index in [2.05, 4.69) is 12.1 Å². The fraction of sp³-hybridized carbons (Fsp3) is 0.256. The second kappa shape index (κ2) is 16.7. The maximum atomic E-state index is 11.4. The molecule has 274 valence electrons. The average molecular weight is 747 g/mol. The predicted molar refractivity (Wildman–Crippen MR) is 201 cm³/mol. The van der Waals surface area contributed by atoms with Gasteiger partial charge in [-0.15, -0.1) is 0 Å². The normalized spacial score (nSPS) is 14.0. The van der Waals surface area contributed by atoms with Crippen LogP contribution in [0.2, 0.25) is 0 Å². The van der Waals surface area contributed by atoms with Crippen LogP contribution in [0.5, 0.6) is 5.75 Å². The molecular weight excluding hydrogens is 705 g/mol. The van der Waals surface area contributed by atoms with Crippen molar-refractivity contribution in [2.24, 2.45) is 0 Å². The van der Waals surface area contributed by atoms with E-state index < -0.39 is 20.2 Å². The zero-order valence-electron chi connectivity index (χ0n) is 28.8. The van der Waals surface area contributed by atoms with Gasteiger partial charge in [0.25, 0.3) is 25.8 Å². The second-order valence-corrected chi connectivity index (χ2v) is 15.6. The molecule has 0 spiro atoms. The van der Waals surface area contributed by atoms with Crippen LogP contribution in [0.1, 0.15) is 44.9 Å². The number of nitrogens with zero attached hydrogens (tertiary/aromatic N) is 2. The van der Waals surface area contributed by atoms with Gasteiger partial charge in [0.05, 0.1) is 23.3 Å². The maximum Gasteiger partial charge on any atom is 0.374 e. The highest BCUT2D eigenvalue weighted by atomic mass is 32.2. The standard InChI is InChI=1S/C39H40N2O8S2.H2O/c1-2-29(25-38-40(21-9-11-23-50(42,43)44)34-27-32(17-19-36(34)48-38)30-13-5-3-6-14-30)26-39-41(22-10-12-24-51(45,46)47)35-28-33(18-20-37(35)49-39)31-15-7-4-8-16-31;/h3-8,13-20,25-28H,2,9-12,21-24H2,1H3,(H-,42,43,44,45,46,47);1H2. The number of allylic oxidation sites excluding steroid dienone is 2. The van der Waals surface area contributed by atoms with Crippen LogP contribution in [0.3, 0.4) is 0 Å². The first-order valence-corrected chi connectivity index (χ1v) is 20.2. The van der Waals surface area contributed by atoms with Crippen molar-refractivity contribution in [2.45, 2.75) is 45.6 Å².